The lowest BCUT2D eigenvalue weighted by Gasteiger charge is -2.14. The molecule has 0 saturated carbocycles. The summed E-state index contributed by atoms with van der Waals surface area (Å²) in [6, 6.07) is 11.3. The molecule has 5 heteroatoms. The third-order valence-electron chi connectivity index (χ3n) is 3.14. The maximum absolute atomic E-state index is 11.9. The van der Waals surface area contributed by atoms with Gasteiger partial charge in [0.05, 0.1) is 11.4 Å². The van der Waals surface area contributed by atoms with Gasteiger partial charge in [0.1, 0.15) is 0 Å². The molecule has 0 aromatic heterocycles. The second kappa shape index (κ2) is 6.18. The van der Waals surface area contributed by atoms with Crippen LogP contribution in [0.5, 0.6) is 0 Å². The summed E-state index contributed by atoms with van der Waals surface area (Å²) >= 11 is 3.47. The van der Waals surface area contributed by atoms with Gasteiger partial charge in [0, 0.05) is 29.8 Å². The molecule has 0 fully saturated rings. The minimum Gasteiger partial charge on any atom is -0.397 e. The highest BCUT2D eigenvalue weighted by molar-refractivity contribution is 9.10. The van der Waals surface area contributed by atoms with Crippen LogP contribution in [0.2, 0.25) is 0 Å². The minimum absolute atomic E-state index is 0.0623. The summed E-state index contributed by atoms with van der Waals surface area (Å²) in [7, 11) is 3.44. The Morgan fingerprint density at radius 2 is 1.90 bits per heavy atom. The molecule has 2 aromatic carbocycles. The summed E-state index contributed by atoms with van der Waals surface area (Å²) in [5.41, 5.74) is 10.0. The number of benzene rings is 2. The number of nitrogens with one attached hydrogen (secondary N) is 1. The molecule has 2 aromatic rings. The van der Waals surface area contributed by atoms with Crippen molar-refractivity contribution in [2.45, 2.75) is 6.92 Å². The first kappa shape index (κ1) is 15.4. The van der Waals surface area contributed by atoms with E-state index in [0.29, 0.717) is 11.3 Å². The Morgan fingerprint density at radius 3 is 2.48 bits per heavy atom. The van der Waals surface area contributed by atoms with E-state index < -0.39 is 0 Å². The van der Waals surface area contributed by atoms with Gasteiger partial charge in [-0.15, -0.1) is 0 Å². The molecule has 0 aliphatic carbocycles. The van der Waals surface area contributed by atoms with Crippen LogP contribution in [0.4, 0.5) is 17.1 Å². The van der Waals surface area contributed by atoms with Crippen LogP contribution >= 0.6 is 15.9 Å². The highest BCUT2D eigenvalue weighted by Gasteiger charge is 2.10. The van der Waals surface area contributed by atoms with E-state index in [4.69, 9.17) is 5.73 Å². The van der Waals surface area contributed by atoms with Crippen LogP contribution in [-0.2, 0) is 0 Å². The van der Waals surface area contributed by atoms with Gasteiger partial charge >= 0.3 is 0 Å². The van der Waals surface area contributed by atoms with E-state index in [2.05, 4.69) is 21.2 Å². The average molecular weight is 348 g/mol. The maximum atomic E-state index is 11.9. The first-order valence-corrected chi connectivity index (χ1v) is 7.32. The largest absolute Gasteiger partial charge is 0.397 e. The van der Waals surface area contributed by atoms with Crippen molar-refractivity contribution in [2.24, 2.45) is 0 Å². The molecule has 0 saturated heterocycles. The molecular weight excluding hydrogens is 330 g/mol. The molecule has 0 aliphatic rings. The number of nitrogen functional groups attached to an aromatic ring is 1. The van der Waals surface area contributed by atoms with Crippen molar-refractivity contribution in [1.82, 2.24) is 4.90 Å². The number of anilines is 3. The lowest BCUT2D eigenvalue weighted by Crippen LogP contribution is -2.21. The van der Waals surface area contributed by atoms with Crippen molar-refractivity contribution in [2.75, 3.05) is 25.1 Å². The van der Waals surface area contributed by atoms with Crippen molar-refractivity contribution in [3.63, 3.8) is 0 Å². The molecule has 110 valence electrons. The summed E-state index contributed by atoms with van der Waals surface area (Å²) in [5.74, 6) is -0.0623. The number of rotatable bonds is 3. The summed E-state index contributed by atoms with van der Waals surface area (Å²) in [6.07, 6.45) is 0. The quantitative estimate of drug-likeness (QED) is 0.830. The molecule has 0 radical (unpaired) electrons. The van der Waals surface area contributed by atoms with Crippen LogP contribution in [0, 0.1) is 6.92 Å². The van der Waals surface area contributed by atoms with Gasteiger partial charge in [-0.25, -0.2) is 0 Å². The van der Waals surface area contributed by atoms with Gasteiger partial charge in [0.15, 0.2) is 0 Å². The highest BCUT2D eigenvalue weighted by atomic mass is 79.9. The van der Waals surface area contributed by atoms with E-state index in [0.717, 1.165) is 21.4 Å². The maximum Gasteiger partial charge on any atom is 0.253 e. The van der Waals surface area contributed by atoms with E-state index in [1.165, 1.54) is 4.90 Å². The van der Waals surface area contributed by atoms with Crippen LogP contribution in [0.3, 0.4) is 0 Å². The predicted molar refractivity (Wildman–Crippen MR) is 91.0 cm³/mol. The summed E-state index contributed by atoms with van der Waals surface area (Å²) in [4.78, 5) is 13.4. The first-order valence-electron chi connectivity index (χ1n) is 6.53. The number of hydrogen-bond acceptors (Lipinski definition) is 3. The van der Waals surface area contributed by atoms with Crippen LogP contribution < -0.4 is 11.1 Å². The van der Waals surface area contributed by atoms with Crippen molar-refractivity contribution in [3.05, 3.63) is 52.0 Å². The van der Waals surface area contributed by atoms with Crippen molar-refractivity contribution in [3.8, 4) is 0 Å². The molecule has 0 unspecified atom stereocenters. The van der Waals surface area contributed by atoms with Gasteiger partial charge in [-0.05, 0) is 48.9 Å². The van der Waals surface area contributed by atoms with Gasteiger partial charge < -0.3 is 16.0 Å². The number of nitrogens with zero attached hydrogens (tertiary/aromatic N) is 1. The first-order chi connectivity index (χ1) is 9.88. The lowest BCUT2D eigenvalue weighted by molar-refractivity contribution is 0.0827. The number of aryl methyl sites for hydroxylation is 1. The smallest absolute Gasteiger partial charge is 0.253 e. The normalized spacial score (nSPS) is 10.3. The Kier molecular flexibility index (Phi) is 4.53. The Labute approximate surface area is 133 Å². The second-order valence-electron chi connectivity index (χ2n) is 5.09. The molecule has 0 spiro atoms. The molecule has 0 aliphatic heterocycles. The number of halogens is 1. The summed E-state index contributed by atoms with van der Waals surface area (Å²) in [6.45, 7) is 2.03. The number of amides is 1. The van der Waals surface area contributed by atoms with Crippen LogP contribution in [0.15, 0.2) is 40.9 Å². The second-order valence-corrected chi connectivity index (χ2v) is 5.94. The van der Waals surface area contributed by atoms with Gasteiger partial charge in [-0.3, -0.25) is 4.79 Å². The zero-order valence-corrected chi connectivity index (χ0v) is 13.9. The zero-order chi connectivity index (χ0) is 15.6. The predicted octanol–water partition coefficient (Wildman–Crippen LogP) is 3.79. The molecule has 21 heavy (non-hydrogen) atoms. The number of carbonyl (C=O) groups is 1. The van der Waals surface area contributed by atoms with E-state index >= 15 is 0 Å². The van der Waals surface area contributed by atoms with Gasteiger partial charge in [0.2, 0.25) is 0 Å². The molecule has 3 N–H and O–H groups in total. The Bertz CT molecular complexity index is 683. The molecule has 0 bridgehead atoms. The van der Waals surface area contributed by atoms with Gasteiger partial charge in [0.25, 0.3) is 5.91 Å². The molecule has 1 amide bonds. The van der Waals surface area contributed by atoms with E-state index in [-0.39, 0.29) is 5.91 Å². The van der Waals surface area contributed by atoms with E-state index in [1.807, 2.05) is 31.2 Å². The topological polar surface area (TPSA) is 58.4 Å². The number of hydrogen-bond donors (Lipinski definition) is 2. The van der Waals surface area contributed by atoms with Crippen molar-refractivity contribution < 1.29 is 4.79 Å². The Balaban J connectivity index is 2.25. The number of carbonyl (C=O) groups excluding carboxylic acids is 1. The Hall–Kier alpha value is -2.01. The number of nitrogens with two attached hydrogens (primary N) is 1. The van der Waals surface area contributed by atoms with Crippen LogP contribution in [0.1, 0.15) is 15.9 Å². The van der Waals surface area contributed by atoms with Crippen molar-refractivity contribution >= 4 is 38.9 Å². The highest BCUT2D eigenvalue weighted by Crippen LogP contribution is 2.27. The zero-order valence-electron chi connectivity index (χ0n) is 12.3. The Morgan fingerprint density at radius 1 is 1.19 bits per heavy atom. The average Bonchev–Trinajstić information content (AvgIpc) is 2.44. The SMILES string of the molecule is Cc1cc(Nc2ccc(C(=O)N(C)C)cc2N)ccc1Br. The van der Waals surface area contributed by atoms with Crippen LogP contribution in [-0.4, -0.2) is 24.9 Å². The van der Waals surface area contributed by atoms with E-state index in [1.54, 1.807) is 26.2 Å². The fourth-order valence-corrected chi connectivity index (χ4v) is 2.19. The summed E-state index contributed by atoms with van der Waals surface area (Å²) in [5, 5.41) is 3.26. The molecule has 4 nitrogen and oxygen atoms in total. The lowest BCUT2D eigenvalue weighted by atomic mass is 10.1. The fraction of sp³-hybridized carbons (Fsp3) is 0.188. The van der Waals surface area contributed by atoms with Gasteiger partial charge in [-0.1, -0.05) is 15.9 Å². The fourth-order valence-electron chi connectivity index (χ4n) is 1.95. The monoisotopic (exact) mass is 347 g/mol. The van der Waals surface area contributed by atoms with Crippen LogP contribution in [0.25, 0.3) is 0 Å². The molecular formula is C16H18BrN3O. The third kappa shape index (κ3) is 3.55. The van der Waals surface area contributed by atoms with E-state index in [9.17, 15) is 4.79 Å². The molecule has 0 heterocycles. The standard InChI is InChI=1S/C16H18BrN3O/c1-10-8-12(5-6-13(10)17)19-15-7-4-11(9-14(15)18)16(21)20(2)3/h4-9,19H,18H2,1-3H3. The van der Waals surface area contributed by atoms with Gasteiger partial charge in [-0.2, -0.15) is 0 Å². The minimum atomic E-state index is -0.0623. The molecule has 2 rings (SSSR count). The third-order valence-corrected chi connectivity index (χ3v) is 4.03. The molecule has 0 atom stereocenters. The summed E-state index contributed by atoms with van der Waals surface area (Å²) < 4.78 is 1.06. The van der Waals surface area contributed by atoms with Crippen molar-refractivity contribution in [1.29, 1.82) is 0 Å².